The molecule has 3 rings (SSSR count). The highest BCUT2D eigenvalue weighted by atomic mass is 16.5. The quantitative estimate of drug-likeness (QED) is 0.781. The van der Waals surface area contributed by atoms with E-state index >= 15 is 0 Å². The highest BCUT2D eigenvalue weighted by Gasteiger charge is 2.06. The Morgan fingerprint density at radius 3 is 2.74 bits per heavy atom. The average molecular weight is 309 g/mol. The number of aryl methyl sites for hydroxylation is 1. The Morgan fingerprint density at radius 1 is 1.13 bits per heavy atom. The van der Waals surface area contributed by atoms with Crippen molar-refractivity contribution in [2.75, 3.05) is 5.32 Å². The standard InChI is InChI=1S/C17H19N5O/c1-12(2)23-15-9-13(3)8-14(10-15)20-17-19-11-22(21-17)16-6-4-5-7-18-16/h4-12H,1-3H3,(H,20,21). The molecule has 0 saturated carbocycles. The molecule has 1 N–H and O–H groups in total. The van der Waals surface area contributed by atoms with Crippen LogP contribution < -0.4 is 10.1 Å². The van der Waals surface area contributed by atoms with Gasteiger partial charge in [-0.1, -0.05) is 6.07 Å². The number of hydrogen-bond donors (Lipinski definition) is 1. The molecule has 3 aromatic rings. The molecule has 0 saturated heterocycles. The molecular weight excluding hydrogens is 290 g/mol. The molecule has 0 aliphatic carbocycles. The van der Waals surface area contributed by atoms with Crippen LogP contribution in [0.2, 0.25) is 0 Å². The van der Waals surface area contributed by atoms with Gasteiger partial charge in [0.1, 0.15) is 12.1 Å². The zero-order chi connectivity index (χ0) is 16.2. The molecule has 6 heteroatoms. The van der Waals surface area contributed by atoms with Crippen LogP contribution in [0.5, 0.6) is 5.75 Å². The van der Waals surface area contributed by atoms with Crippen molar-refractivity contribution in [2.24, 2.45) is 0 Å². The summed E-state index contributed by atoms with van der Waals surface area (Å²) in [5.41, 5.74) is 1.99. The molecule has 23 heavy (non-hydrogen) atoms. The monoisotopic (exact) mass is 309 g/mol. The van der Waals surface area contributed by atoms with Crippen LogP contribution in [0.3, 0.4) is 0 Å². The van der Waals surface area contributed by atoms with Gasteiger partial charge in [-0.15, -0.1) is 5.10 Å². The Hall–Kier alpha value is -2.89. The van der Waals surface area contributed by atoms with Crippen LogP contribution in [0.1, 0.15) is 19.4 Å². The second-order valence-corrected chi connectivity index (χ2v) is 5.53. The lowest BCUT2D eigenvalue weighted by atomic mass is 10.2. The molecule has 0 atom stereocenters. The second-order valence-electron chi connectivity index (χ2n) is 5.53. The van der Waals surface area contributed by atoms with Crippen molar-refractivity contribution in [3.05, 3.63) is 54.5 Å². The van der Waals surface area contributed by atoms with Gasteiger partial charge < -0.3 is 10.1 Å². The minimum Gasteiger partial charge on any atom is -0.491 e. The summed E-state index contributed by atoms with van der Waals surface area (Å²) in [4.78, 5) is 8.51. The normalized spacial score (nSPS) is 10.8. The first-order valence-corrected chi connectivity index (χ1v) is 7.48. The molecule has 2 aromatic heterocycles. The third kappa shape index (κ3) is 3.85. The molecule has 0 aliphatic heterocycles. The van der Waals surface area contributed by atoms with Crippen LogP contribution in [-0.4, -0.2) is 25.9 Å². The molecule has 118 valence electrons. The van der Waals surface area contributed by atoms with E-state index in [-0.39, 0.29) is 6.10 Å². The molecule has 0 amide bonds. The summed E-state index contributed by atoms with van der Waals surface area (Å²) < 4.78 is 7.38. The van der Waals surface area contributed by atoms with Gasteiger partial charge in [-0.2, -0.15) is 4.98 Å². The fraction of sp³-hybridized carbons (Fsp3) is 0.235. The van der Waals surface area contributed by atoms with E-state index in [1.165, 1.54) is 0 Å². The Labute approximate surface area is 135 Å². The second kappa shape index (κ2) is 6.48. The molecule has 0 radical (unpaired) electrons. The molecule has 6 nitrogen and oxygen atoms in total. The smallest absolute Gasteiger partial charge is 0.247 e. The number of anilines is 2. The van der Waals surface area contributed by atoms with Gasteiger partial charge in [-0.25, -0.2) is 9.67 Å². The zero-order valence-electron chi connectivity index (χ0n) is 13.4. The van der Waals surface area contributed by atoms with Gasteiger partial charge in [0.25, 0.3) is 0 Å². The predicted molar refractivity (Wildman–Crippen MR) is 89.4 cm³/mol. The van der Waals surface area contributed by atoms with Crippen molar-refractivity contribution in [3.8, 4) is 11.6 Å². The fourth-order valence-corrected chi connectivity index (χ4v) is 2.21. The third-order valence-electron chi connectivity index (χ3n) is 3.05. The first-order valence-electron chi connectivity index (χ1n) is 7.48. The maximum Gasteiger partial charge on any atom is 0.247 e. The topological polar surface area (TPSA) is 64.9 Å². The molecule has 0 aliphatic rings. The molecule has 0 unspecified atom stereocenters. The summed E-state index contributed by atoms with van der Waals surface area (Å²) in [6, 6.07) is 11.6. The van der Waals surface area contributed by atoms with E-state index in [2.05, 4.69) is 20.4 Å². The SMILES string of the molecule is Cc1cc(Nc2ncn(-c3ccccn3)n2)cc(OC(C)C)c1. The number of benzene rings is 1. The van der Waals surface area contributed by atoms with Crippen LogP contribution in [0.15, 0.2) is 48.9 Å². The number of aromatic nitrogens is 4. The van der Waals surface area contributed by atoms with Crippen LogP contribution in [-0.2, 0) is 0 Å². The molecule has 2 heterocycles. The molecule has 1 aromatic carbocycles. The van der Waals surface area contributed by atoms with Gasteiger partial charge in [0.15, 0.2) is 5.82 Å². The van der Waals surface area contributed by atoms with Gasteiger partial charge in [-0.3, -0.25) is 0 Å². The van der Waals surface area contributed by atoms with Crippen molar-refractivity contribution in [3.63, 3.8) is 0 Å². The van der Waals surface area contributed by atoms with Gasteiger partial charge in [0.2, 0.25) is 5.95 Å². The van der Waals surface area contributed by atoms with Crippen LogP contribution in [0.25, 0.3) is 5.82 Å². The highest BCUT2D eigenvalue weighted by Crippen LogP contribution is 2.23. The first-order chi connectivity index (χ1) is 11.1. The Morgan fingerprint density at radius 2 is 2.00 bits per heavy atom. The van der Waals surface area contributed by atoms with Gasteiger partial charge >= 0.3 is 0 Å². The number of nitrogens with one attached hydrogen (secondary N) is 1. The highest BCUT2D eigenvalue weighted by molar-refractivity contribution is 5.57. The largest absolute Gasteiger partial charge is 0.491 e. The maximum atomic E-state index is 5.75. The number of hydrogen-bond acceptors (Lipinski definition) is 5. The minimum absolute atomic E-state index is 0.131. The van der Waals surface area contributed by atoms with E-state index in [9.17, 15) is 0 Å². The summed E-state index contributed by atoms with van der Waals surface area (Å²) in [5.74, 6) is 2.06. The van der Waals surface area contributed by atoms with E-state index in [1.54, 1.807) is 17.2 Å². The number of nitrogens with zero attached hydrogens (tertiary/aromatic N) is 4. The third-order valence-corrected chi connectivity index (χ3v) is 3.05. The maximum absolute atomic E-state index is 5.75. The molecule has 0 bridgehead atoms. The summed E-state index contributed by atoms with van der Waals surface area (Å²) in [6.45, 7) is 6.04. The summed E-state index contributed by atoms with van der Waals surface area (Å²) >= 11 is 0. The molecule has 0 spiro atoms. The summed E-state index contributed by atoms with van der Waals surface area (Å²) in [7, 11) is 0. The summed E-state index contributed by atoms with van der Waals surface area (Å²) in [5, 5.41) is 7.58. The van der Waals surface area contributed by atoms with E-state index in [0.29, 0.717) is 5.95 Å². The van der Waals surface area contributed by atoms with E-state index in [4.69, 9.17) is 4.74 Å². The van der Waals surface area contributed by atoms with E-state index < -0.39 is 0 Å². The molecular formula is C17H19N5O. The Balaban J connectivity index is 1.80. The van der Waals surface area contributed by atoms with Gasteiger partial charge in [0.05, 0.1) is 6.10 Å². The lowest BCUT2D eigenvalue weighted by Gasteiger charge is -2.12. The number of ether oxygens (including phenoxy) is 1. The lowest BCUT2D eigenvalue weighted by molar-refractivity contribution is 0.242. The van der Waals surface area contributed by atoms with E-state index in [1.807, 2.05) is 57.2 Å². The lowest BCUT2D eigenvalue weighted by Crippen LogP contribution is -2.06. The van der Waals surface area contributed by atoms with Crippen LogP contribution in [0.4, 0.5) is 11.6 Å². The zero-order valence-corrected chi connectivity index (χ0v) is 13.4. The minimum atomic E-state index is 0.131. The van der Waals surface area contributed by atoms with Crippen molar-refractivity contribution >= 4 is 11.6 Å². The number of rotatable bonds is 5. The Kier molecular flexibility index (Phi) is 4.23. The molecule has 0 fully saturated rings. The van der Waals surface area contributed by atoms with E-state index in [0.717, 1.165) is 22.8 Å². The fourth-order valence-electron chi connectivity index (χ4n) is 2.21. The van der Waals surface area contributed by atoms with Crippen LogP contribution >= 0.6 is 0 Å². The van der Waals surface area contributed by atoms with Crippen molar-refractivity contribution in [2.45, 2.75) is 26.9 Å². The van der Waals surface area contributed by atoms with Crippen LogP contribution in [0, 0.1) is 6.92 Å². The predicted octanol–water partition coefficient (Wildman–Crippen LogP) is 3.50. The average Bonchev–Trinajstić information content (AvgIpc) is 2.95. The van der Waals surface area contributed by atoms with Crippen molar-refractivity contribution in [1.29, 1.82) is 0 Å². The first kappa shape index (κ1) is 15.0. The number of pyridine rings is 1. The van der Waals surface area contributed by atoms with Crippen molar-refractivity contribution < 1.29 is 4.74 Å². The van der Waals surface area contributed by atoms with Crippen molar-refractivity contribution in [1.82, 2.24) is 19.7 Å². The van der Waals surface area contributed by atoms with Gasteiger partial charge in [-0.05, 0) is 50.6 Å². The Bertz CT molecular complexity index is 783. The van der Waals surface area contributed by atoms with Gasteiger partial charge in [0, 0.05) is 18.0 Å². The summed E-state index contributed by atoms with van der Waals surface area (Å²) in [6.07, 6.45) is 3.48.